The first-order valence-electron chi connectivity index (χ1n) is 8.40. The number of para-hydroxylation sites is 1. The Kier molecular flexibility index (Phi) is 6.68. The molecule has 0 aliphatic carbocycles. The lowest BCUT2D eigenvalue weighted by molar-refractivity contribution is -0.143. The number of benzene rings is 1. The summed E-state index contributed by atoms with van der Waals surface area (Å²) in [6.45, 7) is 4.69. The van der Waals surface area contributed by atoms with Crippen molar-refractivity contribution in [2.75, 3.05) is 13.2 Å². The molecule has 7 heteroatoms. The maximum Gasteiger partial charge on any atom is 0.305 e. The van der Waals surface area contributed by atoms with Gasteiger partial charge in [0.25, 0.3) is 5.56 Å². The normalized spacial score (nSPS) is 10.6. The number of nitrogens with zero attached hydrogens (tertiary/aromatic N) is 2. The van der Waals surface area contributed by atoms with Gasteiger partial charge in [0.1, 0.15) is 0 Å². The summed E-state index contributed by atoms with van der Waals surface area (Å²) in [7, 11) is 0. The second-order valence-corrected chi connectivity index (χ2v) is 5.72. The molecule has 1 aromatic heterocycles. The number of rotatable bonds is 8. The van der Waals surface area contributed by atoms with Gasteiger partial charge in [-0.3, -0.25) is 19.0 Å². The molecule has 1 amide bonds. The van der Waals surface area contributed by atoms with Gasteiger partial charge in [0.15, 0.2) is 0 Å². The quantitative estimate of drug-likeness (QED) is 0.579. The van der Waals surface area contributed by atoms with Gasteiger partial charge in [0, 0.05) is 25.9 Å². The Balaban J connectivity index is 1.84. The highest BCUT2D eigenvalue weighted by atomic mass is 16.5. The fraction of sp³-hybridized carbons (Fsp3) is 0.444. The predicted molar refractivity (Wildman–Crippen MR) is 94.2 cm³/mol. The van der Waals surface area contributed by atoms with Crippen molar-refractivity contribution >= 4 is 22.8 Å². The van der Waals surface area contributed by atoms with E-state index in [9.17, 15) is 14.4 Å². The molecular weight excluding hydrogens is 322 g/mol. The molecule has 1 aromatic carbocycles. The van der Waals surface area contributed by atoms with Crippen LogP contribution in [0.15, 0.2) is 29.3 Å². The van der Waals surface area contributed by atoms with Crippen LogP contribution >= 0.6 is 0 Å². The van der Waals surface area contributed by atoms with Crippen LogP contribution in [-0.2, 0) is 20.9 Å². The molecule has 1 N–H and O–H groups in total. The maximum absolute atomic E-state index is 12.4. The number of aryl methyl sites for hydroxylation is 2. The average molecular weight is 345 g/mol. The standard InChI is InChI=1S/C18H23N3O4/c1-3-25-16(23)8-5-10-19-15(22)9-11-21-12-20-17-13(2)6-4-7-14(17)18(21)24/h4,6-7,12H,3,5,8-11H2,1-2H3,(H,19,22). The van der Waals surface area contributed by atoms with Crippen LogP contribution in [0.25, 0.3) is 10.9 Å². The number of aromatic nitrogens is 2. The smallest absolute Gasteiger partial charge is 0.305 e. The SMILES string of the molecule is CCOC(=O)CCCNC(=O)CCn1cnc2c(C)cccc2c1=O. The fourth-order valence-corrected chi connectivity index (χ4v) is 2.50. The number of nitrogens with one attached hydrogen (secondary N) is 1. The van der Waals surface area contributed by atoms with Gasteiger partial charge in [-0.25, -0.2) is 4.98 Å². The van der Waals surface area contributed by atoms with Crippen LogP contribution in [0.2, 0.25) is 0 Å². The van der Waals surface area contributed by atoms with Crippen molar-refractivity contribution in [3.63, 3.8) is 0 Å². The Morgan fingerprint density at radius 2 is 2.08 bits per heavy atom. The van der Waals surface area contributed by atoms with E-state index in [-0.39, 0.29) is 36.8 Å². The molecule has 0 saturated carbocycles. The summed E-state index contributed by atoms with van der Waals surface area (Å²) in [5, 5.41) is 3.29. The van der Waals surface area contributed by atoms with Gasteiger partial charge in [-0.05, 0) is 31.9 Å². The number of esters is 1. The van der Waals surface area contributed by atoms with E-state index in [1.165, 1.54) is 10.9 Å². The Morgan fingerprint density at radius 1 is 1.28 bits per heavy atom. The Labute approximate surface area is 146 Å². The van der Waals surface area contributed by atoms with Gasteiger partial charge < -0.3 is 10.1 Å². The van der Waals surface area contributed by atoms with Gasteiger partial charge in [-0.1, -0.05) is 12.1 Å². The van der Waals surface area contributed by atoms with Gasteiger partial charge in [0.05, 0.1) is 23.8 Å². The number of hydrogen-bond acceptors (Lipinski definition) is 5. The minimum Gasteiger partial charge on any atom is -0.466 e. The van der Waals surface area contributed by atoms with Crippen molar-refractivity contribution in [3.8, 4) is 0 Å². The van der Waals surface area contributed by atoms with E-state index < -0.39 is 0 Å². The molecule has 2 rings (SSSR count). The molecule has 0 saturated heterocycles. The van der Waals surface area contributed by atoms with Crippen LogP contribution in [0.3, 0.4) is 0 Å². The monoisotopic (exact) mass is 345 g/mol. The average Bonchev–Trinajstić information content (AvgIpc) is 2.59. The summed E-state index contributed by atoms with van der Waals surface area (Å²) in [4.78, 5) is 39.8. The molecule has 2 aromatic rings. The van der Waals surface area contributed by atoms with Gasteiger partial charge in [-0.15, -0.1) is 0 Å². The predicted octanol–water partition coefficient (Wildman–Crippen LogP) is 1.55. The van der Waals surface area contributed by atoms with Crippen molar-refractivity contribution in [2.45, 2.75) is 39.7 Å². The van der Waals surface area contributed by atoms with Crippen LogP contribution < -0.4 is 10.9 Å². The zero-order chi connectivity index (χ0) is 18.2. The zero-order valence-electron chi connectivity index (χ0n) is 14.6. The van der Waals surface area contributed by atoms with Gasteiger partial charge in [0.2, 0.25) is 5.91 Å². The van der Waals surface area contributed by atoms with E-state index in [1.807, 2.05) is 19.1 Å². The highest BCUT2D eigenvalue weighted by Crippen LogP contribution is 2.11. The fourth-order valence-electron chi connectivity index (χ4n) is 2.50. The second-order valence-electron chi connectivity index (χ2n) is 5.72. The van der Waals surface area contributed by atoms with Crippen molar-refractivity contribution in [2.24, 2.45) is 0 Å². The molecule has 0 fully saturated rings. The third kappa shape index (κ3) is 5.14. The number of amides is 1. The van der Waals surface area contributed by atoms with E-state index in [1.54, 1.807) is 13.0 Å². The highest BCUT2D eigenvalue weighted by molar-refractivity contribution is 5.80. The first kappa shape index (κ1) is 18.6. The van der Waals surface area contributed by atoms with E-state index in [2.05, 4.69) is 10.3 Å². The molecule has 0 aliphatic rings. The minimum atomic E-state index is -0.263. The lowest BCUT2D eigenvalue weighted by atomic mass is 10.1. The molecular formula is C18H23N3O4. The van der Waals surface area contributed by atoms with Crippen LogP contribution in [0, 0.1) is 6.92 Å². The molecule has 25 heavy (non-hydrogen) atoms. The molecule has 0 spiro atoms. The maximum atomic E-state index is 12.4. The summed E-state index contributed by atoms with van der Waals surface area (Å²) in [6, 6.07) is 5.47. The topological polar surface area (TPSA) is 90.3 Å². The van der Waals surface area contributed by atoms with Crippen LogP contribution in [-0.4, -0.2) is 34.6 Å². The van der Waals surface area contributed by atoms with Crippen LogP contribution in [0.5, 0.6) is 0 Å². The molecule has 134 valence electrons. The number of hydrogen-bond donors (Lipinski definition) is 1. The molecule has 0 atom stereocenters. The third-order valence-electron chi connectivity index (χ3n) is 3.82. The summed E-state index contributed by atoms with van der Waals surface area (Å²) in [6.07, 6.45) is 2.47. The Bertz CT molecular complexity index is 814. The number of ether oxygens (including phenoxy) is 1. The number of carbonyl (C=O) groups excluding carboxylic acids is 2. The lowest BCUT2D eigenvalue weighted by Gasteiger charge is -2.08. The van der Waals surface area contributed by atoms with E-state index in [4.69, 9.17) is 4.74 Å². The zero-order valence-corrected chi connectivity index (χ0v) is 14.6. The second kappa shape index (κ2) is 8.96. The summed E-state index contributed by atoms with van der Waals surface area (Å²) >= 11 is 0. The summed E-state index contributed by atoms with van der Waals surface area (Å²) < 4.78 is 6.26. The first-order valence-corrected chi connectivity index (χ1v) is 8.40. The largest absolute Gasteiger partial charge is 0.466 e. The number of carbonyl (C=O) groups is 2. The van der Waals surface area contributed by atoms with E-state index in [0.717, 1.165) is 5.56 Å². The minimum absolute atomic E-state index is 0.149. The number of fused-ring (bicyclic) bond motifs is 1. The highest BCUT2D eigenvalue weighted by Gasteiger charge is 2.08. The van der Waals surface area contributed by atoms with Crippen molar-refractivity contribution in [3.05, 3.63) is 40.4 Å². The molecule has 0 aliphatic heterocycles. The molecule has 0 bridgehead atoms. The molecule has 1 heterocycles. The van der Waals surface area contributed by atoms with Crippen LogP contribution in [0.4, 0.5) is 0 Å². The van der Waals surface area contributed by atoms with Crippen molar-refractivity contribution in [1.29, 1.82) is 0 Å². The molecule has 0 radical (unpaired) electrons. The van der Waals surface area contributed by atoms with E-state index >= 15 is 0 Å². The first-order chi connectivity index (χ1) is 12.0. The molecule has 0 unspecified atom stereocenters. The Hall–Kier alpha value is -2.70. The summed E-state index contributed by atoms with van der Waals surface area (Å²) in [5.41, 5.74) is 1.48. The van der Waals surface area contributed by atoms with Gasteiger partial charge in [-0.2, -0.15) is 0 Å². The van der Waals surface area contributed by atoms with E-state index in [0.29, 0.717) is 30.5 Å². The summed E-state index contributed by atoms with van der Waals surface area (Å²) in [5.74, 6) is -0.430. The van der Waals surface area contributed by atoms with Crippen LogP contribution in [0.1, 0.15) is 31.7 Å². The van der Waals surface area contributed by atoms with Gasteiger partial charge >= 0.3 is 5.97 Å². The lowest BCUT2D eigenvalue weighted by Crippen LogP contribution is -2.28. The molecule has 7 nitrogen and oxygen atoms in total. The van der Waals surface area contributed by atoms with Crippen molar-refractivity contribution in [1.82, 2.24) is 14.9 Å². The Morgan fingerprint density at radius 3 is 2.84 bits per heavy atom. The van der Waals surface area contributed by atoms with Crippen molar-refractivity contribution < 1.29 is 14.3 Å². The third-order valence-corrected chi connectivity index (χ3v) is 3.82.